The number of hydrogen-bond acceptors (Lipinski definition) is 3. The van der Waals surface area contributed by atoms with Crippen LogP contribution in [0.5, 0.6) is 0 Å². The lowest BCUT2D eigenvalue weighted by Crippen LogP contribution is -2.33. The fourth-order valence-corrected chi connectivity index (χ4v) is 4.59. The molecule has 4 nitrogen and oxygen atoms in total. The summed E-state index contributed by atoms with van der Waals surface area (Å²) in [6, 6.07) is 6.86. The van der Waals surface area contributed by atoms with Crippen LogP contribution in [-0.4, -0.2) is 14.1 Å². The van der Waals surface area contributed by atoms with E-state index in [4.69, 9.17) is 0 Å². The lowest BCUT2D eigenvalue weighted by molar-refractivity contribution is 0.260. The van der Waals surface area contributed by atoms with Gasteiger partial charge in [-0.1, -0.05) is 30.5 Å². The van der Waals surface area contributed by atoms with E-state index in [1.807, 2.05) is 6.92 Å². The fraction of sp³-hybridized carbons (Fsp3) is 0.588. The Labute approximate surface area is 133 Å². The molecular weight excluding hydrogens is 296 g/mol. The summed E-state index contributed by atoms with van der Waals surface area (Å²) in [6.07, 6.45) is 8.32. The molecule has 0 aromatic heterocycles. The molecule has 120 valence electrons. The van der Waals surface area contributed by atoms with E-state index in [0.29, 0.717) is 11.8 Å². The maximum absolute atomic E-state index is 12.3. The molecule has 3 rings (SSSR count). The van der Waals surface area contributed by atoms with Gasteiger partial charge in [-0.05, 0) is 57.1 Å². The van der Waals surface area contributed by atoms with Crippen LogP contribution >= 0.6 is 0 Å². The average Bonchev–Trinajstić information content (AvgIpc) is 2.53. The van der Waals surface area contributed by atoms with Crippen LogP contribution in [0.15, 0.2) is 34.3 Å². The van der Waals surface area contributed by atoms with Crippen LogP contribution in [0.1, 0.15) is 50.5 Å². The molecule has 2 aliphatic rings. The van der Waals surface area contributed by atoms with E-state index in [2.05, 4.69) is 9.93 Å². The zero-order chi connectivity index (χ0) is 15.6. The highest BCUT2D eigenvalue weighted by atomic mass is 32.2. The first-order valence-corrected chi connectivity index (χ1v) is 9.69. The Kier molecular flexibility index (Phi) is 4.52. The molecule has 1 unspecified atom stereocenters. The predicted octanol–water partition coefficient (Wildman–Crippen LogP) is 3.62. The van der Waals surface area contributed by atoms with Gasteiger partial charge in [0.15, 0.2) is 0 Å². The Bertz CT molecular complexity index is 648. The molecule has 0 bridgehead atoms. The number of aryl methyl sites for hydroxylation is 1. The van der Waals surface area contributed by atoms with Gasteiger partial charge in [0.1, 0.15) is 0 Å². The highest BCUT2D eigenvalue weighted by Crippen LogP contribution is 2.38. The zero-order valence-electron chi connectivity index (χ0n) is 13.1. The Morgan fingerprint density at radius 3 is 2.50 bits per heavy atom. The molecule has 1 N–H and O–H groups in total. The van der Waals surface area contributed by atoms with E-state index in [-0.39, 0.29) is 4.90 Å². The van der Waals surface area contributed by atoms with Crippen molar-refractivity contribution in [1.29, 1.82) is 0 Å². The van der Waals surface area contributed by atoms with Crippen LogP contribution in [-0.2, 0) is 10.0 Å². The zero-order valence-corrected chi connectivity index (χ0v) is 13.9. The molecule has 0 aliphatic heterocycles. The molecule has 0 amide bonds. The molecule has 0 saturated heterocycles. The maximum Gasteiger partial charge on any atom is 0.276 e. The summed E-state index contributed by atoms with van der Waals surface area (Å²) in [5.41, 5.74) is 2.11. The molecule has 2 fully saturated rings. The van der Waals surface area contributed by atoms with Crippen molar-refractivity contribution in [2.75, 3.05) is 0 Å². The highest BCUT2D eigenvalue weighted by molar-refractivity contribution is 7.89. The van der Waals surface area contributed by atoms with Gasteiger partial charge in [-0.3, -0.25) is 0 Å². The second-order valence-electron chi connectivity index (χ2n) is 6.55. The topological polar surface area (TPSA) is 58.5 Å². The quantitative estimate of drug-likeness (QED) is 0.865. The minimum absolute atomic E-state index is 0.276. The molecule has 1 aromatic rings. The van der Waals surface area contributed by atoms with Gasteiger partial charge in [0.2, 0.25) is 0 Å². The van der Waals surface area contributed by atoms with Crippen molar-refractivity contribution in [2.24, 2.45) is 16.9 Å². The van der Waals surface area contributed by atoms with E-state index in [0.717, 1.165) is 30.5 Å². The van der Waals surface area contributed by atoms with E-state index in [1.54, 1.807) is 24.3 Å². The van der Waals surface area contributed by atoms with Gasteiger partial charge in [0.25, 0.3) is 10.0 Å². The summed E-state index contributed by atoms with van der Waals surface area (Å²) in [7, 11) is -3.55. The standard InChI is InChI=1S/C17H24N2O2S/c1-13-9-11-15(12-10-13)22(20,21)19-18-17-8-4-6-14-5-2-3-7-16(14)17/h9-12,14,16,19H,2-8H2,1H3/b18-17-/t14-,16?/m0/s1. The second kappa shape index (κ2) is 6.41. The minimum Gasteiger partial charge on any atom is -0.200 e. The molecule has 1 aromatic carbocycles. The molecule has 2 aliphatic carbocycles. The van der Waals surface area contributed by atoms with Gasteiger partial charge < -0.3 is 0 Å². The third kappa shape index (κ3) is 3.35. The van der Waals surface area contributed by atoms with E-state index >= 15 is 0 Å². The summed E-state index contributed by atoms with van der Waals surface area (Å²) in [6.45, 7) is 1.94. The SMILES string of the molecule is Cc1ccc(S(=O)(=O)N/N=C2/CCC[C@@H]3CCCCC23)cc1. The monoisotopic (exact) mass is 320 g/mol. The van der Waals surface area contributed by atoms with Gasteiger partial charge in [-0.2, -0.15) is 13.5 Å². The summed E-state index contributed by atoms with van der Waals surface area (Å²) in [4.78, 5) is 2.73. The Morgan fingerprint density at radius 1 is 1.05 bits per heavy atom. The number of fused-ring (bicyclic) bond motifs is 1. The summed E-state index contributed by atoms with van der Waals surface area (Å²) >= 11 is 0. The van der Waals surface area contributed by atoms with Crippen molar-refractivity contribution < 1.29 is 8.42 Å². The fourth-order valence-electron chi connectivity index (χ4n) is 3.75. The number of rotatable bonds is 3. The van der Waals surface area contributed by atoms with Gasteiger partial charge in [0, 0.05) is 11.6 Å². The van der Waals surface area contributed by atoms with Gasteiger partial charge in [-0.15, -0.1) is 0 Å². The van der Waals surface area contributed by atoms with E-state index in [9.17, 15) is 8.42 Å². The Morgan fingerprint density at radius 2 is 1.73 bits per heavy atom. The van der Waals surface area contributed by atoms with Crippen LogP contribution in [0.4, 0.5) is 0 Å². The van der Waals surface area contributed by atoms with Crippen molar-refractivity contribution in [3.05, 3.63) is 29.8 Å². The Hall–Kier alpha value is -1.36. The van der Waals surface area contributed by atoms with Gasteiger partial charge >= 0.3 is 0 Å². The van der Waals surface area contributed by atoms with Gasteiger partial charge in [-0.25, -0.2) is 4.83 Å². The van der Waals surface area contributed by atoms with Crippen LogP contribution in [0.3, 0.4) is 0 Å². The van der Waals surface area contributed by atoms with Crippen molar-refractivity contribution in [2.45, 2.75) is 56.8 Å². The summed E-state index contributed by atoms with van der Waals surface area (Å²) < 4.78 is 24.7. The summed E-state index contributed by atoms with van der Waals surface area (Å²) in [5, 5.41) is 4.32. The molecule has 5 heteroatoms. The molecular formula is C17H24N2O2S. The number of nitrogens with one attached hydrogen (secondary N) is 1. The first-order valence-electron chi connectivity index (χ1n) is 8.21. The highest BCUT2D eigenvalue weighted by Gasteiger charge is 2.32. The lowest BCUT2D eigenvalue weighted by atomic mass is 9.70. The molecule has 0 spiro atoms. The first-order chi connectivity index (χ1) is 10.6. The molecule has 0 heterocycles. The number of sulfonamides is 1. The average molecular weight is 320 g/mol. The number of nitrogens with zero attached hydrogens (tertiary/aromatic N) is 1. The van der Waals surface area contributed by atoms with Crippen LogP contribution in [0.25, 0.3) is 0 Å². The molecule has 2 saturated carbocycles. The molecule has 22 heavy (non-hydrogen) atoms. The van der Waals surface area contributed by atoms with Crippen LogP contribution < -0.4 is 4.83 Å². The first kappa shape index (κ1) is 15.5. The summed E-state index contributed by atoms with van der Waals surface area (Å²) in [5.74, 6) is 1.20. The lowest BCUT2D eigenvalue weighted by Gasteiger charge is -2.36. The van der Waals surface area contributed by atoms with Gasteiger partial charge in [0.05, 0.1) is 4.90 Å². The van der Waals surface area contributed by atoms with Crippen LogP contribution in [0.2, 0.25) is 0 Å². The Balaban J connectivity index is 1.75. The smallest absolute Gasteiger partial charge is 0.200 e. The van der Waals surface area contributed by atoms with Crippen molar-refractivity contribution in [3.8, 4) is 0 Å². The third-order valence-corrected chi connectivity index (χ3v) is 6.21. The van der Waals surface area contributed by atoms with Crippen molar-refractivity contribution in [3.63, 3.8) is 0 Å². The maximum atomic E-state index is 12.3. The third-order valence-electron chi connectivity index (χ3n) is 4.99. The largest absolute Gasteiger partial charge is 0.276 e. The van der Waals surface area contributed by atoms with Crippen molar-refractivity contribution in [1.82, 2.24) is 4.83 Å². The minimum atomic E-state index is -3.55. The van der Waals surface area contributed by atoms with E-state index in [1.165, 1.54) is 25.7 Å². The number of hydrogen-bond donors (Lipinski definition) is 1. The van der Waals surface area contributed by atoms with Crippen LogP contribution in [0, 0.1) is 18.8 Å². The predicted molar refractivity (Wildman–Crippen MR) is 88.2 cm³/mol. The van der Waals surface area contributed by atoms with E-state index < -0.39 is 10.0 Å². The number of hydrazone groups is 1. The van der Waals surface area contributed by atoms with Crippen molar-refractivity contribution >= 4 is 15.7 Å². The second-order valence-corrected chi connectivity index (χ2v) is 8.22. The molecule has 2 atom stereocenters. The number of benzene rings is 1. The molecule has 0 radical (unpaired) electrons. The normalized spacial score (nSPS) is 27.4.